The summed E-state index contributed by atoms with van der Waals surface area (Å²) in [5, 5.41) is 12.5. The second-order valence-electron chi connectivity index (χ2n) is 7.93. The lowest BCUT2D eigenvalue weighted by Crippen LogP contribution is -2.32. The molecule has 7 heteroatoms. The van der Waals surface area contributed by atoms with Gasteiger partial charge in [-0.25, -0.2) is 0 Å². The van der Waals surface area contributed by atoms with Crippen molar-refractivity contribution in [3.8, 4) is 0 Å². The summed E-state index contributed by atoms with van der Waals surface area (Å²) in [6.07, 6.45) is 3.45. The summed E-state index contributed by atoms with van der Waals surface area (Å²) < 4.78 is 6.66. The third-order valence-electron chi connectivity index (χ3n) is 5.92. The highest BCUT2D eigenvalue weighted by molar-refractivity contribution is 9.10. The van der Waals surface area contributed by atoms with Crippen molar-refractivity contribution in [2.45, 2.75) is 25.8 Å². The number of rotatable bonds is 6. The summed E-state index contributed by atoms with van der Waals surface area (Å²) >= 11 is 3.42. The van der Waals surface area contributed by atoms with Crippen molar-refractivity contribution in [3.05, 3.63) is 81.9 Å². The molecule has 4 aromatic rings. The van der Waals surface area contributed by atoms with Crippen molar-refractivity contribution in [2.75, 3.05) is 6.54 Å². The minimum atomic E-state index is -0.697. The molecule has 32 heavy (non-hydrogen) atoms. The molecule has 162 valence electrons. The fraction of sp³-hybridized carbons (Fsp3) is 0.200. The van der Waals surface area contributed by atoms with Crippen molar-refractivity contribution >= 4 is 49.5 Å². The van der Waals surface area contributed by atoms with E-state index in [0.717, 1.165) is 39.2 Å². The molecule has 2 aromatic carbocycles. The number of aromatic nitrogens is 1. The summed E-state index contributed by atoms with van der Waals surface area (Å²) in [6.45, 7) is 2.47. The molecule has 0 bridgehead atoms. The van der Waals surface area contributed by atoms with Gasteiger partial charge in [0, 0.05) is 39.1 Å². The molecule has 1 aliphatic heterocycles. The monoisotopic (exact) mass is 492 g/mol. The van der Waals surface area contributed by atoms with Crippen LogP contribution in [0.3, 0.4) is 0 Å². The molecule has 1 aliphatic rings. The van der Waals surface area contributed by atoms with Crippen LogP contribution in [0.15, 0.2) is 74.9 Å². The number of unbranched alkanes of at least 4 members (excludes halogenated alkanes) is 1. The number of amides is 1. The zero-order valence-corrected chi connectivity index (χ0v) is 19.0. The number of fused-ring (bicyclic) bond motifs is 2. The van der Waals surface area contributed by atoms with Crippen LogP contribution in [0.5, 0.6) is 0 Å². The van der Waals surface area contributed by atoms with Crippen molar-refractivity contribution in [1.29, 1.82) is 0 Å². The number of carbonyl (C=O) groups is 2. The number of ketones is 1. The predicted molar refractivity (Wildman–Crippen MR) is 126 cm³/mol. The average molecular weight is 493 g/mol. The van der Waals surface area contributed by atoms with Gasteiger partial charge in [0.25, 0.3) is 5.91 Å². The fourth-order valence-electron chi connectivity index (χ4n) is 4.35. The minimum absolute atomic E-state index is 0.0500. The molecule has 5 rings (SSSR count). The van der Waals surface area contributed by atoms with E-state index in [1.807, 2.05) is 49.5 Å². The van der Waals surface area contributed by atoms with Gasteiger partial charge in [0.1, 0.15) is 5.58 Å². The maximum absolute atomic E-state index is 13.6. The zero-order valence-electron chi connectivity index (χ0n) is 17.4. The number of Topliss-reactive ketones (excluding diaryl/α,β-unsaturated/α-hetero) is 1. The molecule has 2 aromatic heterocycles. The Hall–Kier alpha value is -3.32. The van der Waals surface area contributed by atoms with Gasteiger partial charge in [-0.15, -0.1) is 0 Å². The largest absolute Gasteiger partial charge is 0.503 e. The Morgan fingerprint density at radius 3 is 2.84 bits per heavy atom. The molecular weight excluding hydrogens is 472 g/mol. The van der Waals surface area contributed by atoms with Crippen LogP contribution in [0, 0.1) is 0 Å². The van der Waals surface area contributed by atoms with Crippen LogP contribution in [0.4, 0.5) is 0 Å². The van der Waals surface area contributed by atoms with E-state index in [2.05, 4.69) is 20.9 Å². The van der Waals surface area contributed by atoms with Gasteiger partial charge in [-0.05, 0) is 36.8 Å². The second kappa shape index (κ2) is 7.98. The van der Waals surface area contributed by atoms with Gasteiger partial charge < -0.3 is 19.4 Å². The van der Waals surface area contributed by atoms with E-state index < -0.39 is 23.5 Å². The Morgan fingerprint density at radius 1 is 1.22 bits per heavy atom. The highest BCUT2D eigenvalue weighted by atomic mass is 79.9. The molecule has 0 saturated heterocycles. The van der Waals surface area contributed by atoms with Crippen molar-refractivity contribution in [3.63, 3.8) is 0 Å². The van der Waals surface area contributed by atoms with Gasteiger partial charge in [-0.1, -0.05) is 47.5 Å². The van der Waals surface area contributed by atoms with Crippen LogP contribution in [0.1, 0.15) is 41.9 Å². The molecule has 1 amide bonds. The third kappa shape index (κ3) is 3.24. The Morgan fingerprint density at radius 2 is 2.03 bits per heavy atom. The molecule has 0 radical (unpaired) electrons. The van der Waals surface area contributed by atoms with Gasteiger partial charge in [-0.2, -0.15) is 0 Å². The predicted octanol–water partition coefficient (Wildman–Crippen LogP) is 6.06. The standard InChI is InChI=1S/C25H21BrN2O4/c1-2-3-10-28-22(17-13-27-18-7-5-4-6-16(17)18)21(24(30)25(28)31)23(29)20-12-14-11-15(26)8-9-19(14)32-20/h4-9,11-13,22,27,30H,2-3,10H2,1H3. The van der Waals surface area contributed by atoms with Crippen LogP contribution in [-0.2, 0) is 4.79 Å². The molecule has 1 atom stereocenters. The van der Waals surface area contributed by atoms with Gasteiger partial charge >= 0.3 is 0 Å². The van der Waals surface area contributed by atoms with E-state index in [1.54, 1.807) is 17.0 Å². The van der Waals surface area contributed by atoms with E-state index in [4.69, 9.17) is 4.42 Å². The first-order chi connectivity index (χ1) is 15.5. The summed E-state index contributed by atoms with van der Waals surface area (Å²) in [5.41, 5.74) is 2.29. The number of benzene rings is 2. The topological polar surface area (TPSA) is 86.5 Å². The summed E-state index contributed by atoms with van der Waals surface area (Å²) in [6, 6.07) is 14.1. The van der Waals surface area contributed by atoms with Gasteiger partial charge in [-0.3, -0.25) is 9.59 Å². The Balaban J connectivity index is 1.64. The number of aliphatic hydroxyl groups excluding tert-OH is 1. The Kier molecular flexibility index (Phi) is 5.13. The van der Waals surface area contributed by atoms with E-state index in [0.29, 0.717) is 12.1 Å². The van der Waals surface area contributed by atoms with E-state index in [1.165, 1.54) is 0 Å². The molecule has 0 fully saturated rings. The number of halogens is 1. The number of nitrogens with one attached hydrogen (secondary N) is 1. The first-order valence-electron chi connectivity index (χ1n) is 10.5. The van der Waals surface area contributed by atoms with E-state index >= 15 is 0 Å². The highest BCUT2D eigenvalue weighted by Crippen LogP contribution is 2.42. The lowest BCUT2D eigenvalue weighted by atomic mass is 9.94. The third-order valence-corrected chi connectivity index (χ3v) is 6.41. The van der Waals surface area contributed by atoms with Gasteiger partial charge in [0.15, 0.2) is 11.5 Å². The number of hydrogen-bond acceptors (Lipinski definition) is 4. The van der Waals surface area contributed by atoms with E-state index in [9.17, 15) is 14.7 Å². The number of para-hydroxylation sites is 1. The van der Waals surface area contributed by atoms with Crippen LogP contribution in [-0.4, -0.2) is 33.2 Å². The second-order valence-corrected chi connectivity index (χ2v) is 8.84. The van der Waals surface area contributed by atoms with E-state index in [-0.39, 0.29) is 11.3 Å². The fourth-order valence-corrected chi connectivity index (χ4v) is 4.73. The number of aromatic amines is 1. The van der Waals surface area contributed by atoms with Crippen molar-refractivity contribution < 1.29 is 19.1 Å². The molecule has 2 N–H and O–H groups in total. The molecule has 3 heterocycles. The smallest absolute Gasteiger partial charge is 0.290 e. The summed E-state index contributed by atoms with van der Waals surface area (Å²) in [7, 11) is 0. The molecule has 0 saturated carbocycles. The van der Waals surface area contributed by atoms with Crippen LogP contribution < -0.4 is 0 Å². The maximum Gasteiger partial charge on any atom is 0.290 e. The molecule has 0 aliphatic carbocycles. The van der Waals surface area contributed by atoms with Crippen molar-refractivity contribution in [1.82, 2.24) is 9.88 Å². The number of H-pyrrole nitrogens is 1. The molecule has 1 unspecified atom stereocenters. The summed E-state index contributed by atoms with van der Waals surface area (Å²) in [5.74, 6) is -1.44. The first-order valence-corrected chi connectivity index (χ1v) is 11.3. The quantitative estimate of drug-likeness (QED) is 0.320. The SMILES string of the molecule is CCCCN1C(=O)C(O)=C(C(=O)c2cc3cc(Br)ccc3o2)C1c1c[nH]c2ccccc12. The number of hydrogen-bond donors (Lipinski definition) is 2. The maximum atomic E-state index is 13.6. The summed E-state index contributed by atoms with van der Waals surface area (Å²) in [4.78, 5) is 31.4. The highest BCUT2D eigenvalue weighted by Gasteiger charge is 2.45. The average Bonchev–Trinajstić information content (AvgIpc) is 3.47. The van der Waals surface area contributed by atoms with Gasteiger partial charge in [0.05, 0.1) is 11.6 Å². The lowest BCUT2D eigenvalue weighted by Gasteiger charge is -2.26. The molecule has 0 spiro atoms. The van der Waals surface area contributed by atoms with Crippen LogP contribution >= 0.6 is 15.9 Å². The lowest BCUT2D eigenvalue weighted by molar-refractivity contribution is -0.129. The molecule has 6 nitrogen and oxygen atoms in total. The number of aliphatic hydroxyl groups is 1. The Bertz CT molecular complexity index is 1400. The van der Waals surface area contributed by atoms with Crippen molar-refractivity contribution in [2.24, 2.45) is 0 Å². The first kappa shape index (κ1) is 20.6. The number of nitrogens with zero attached hydrogens (tertiary/aromatic N) is 1. The number of furan rings is 1. The number of carbonyl (C=O) groups excluding carboxylic acids is 2. The zero-order chi connectivity index (χ0) is 22.4. The van der Waals surface area contributed by atoms with Gasteiger partial charge in [0.2, 0.25) is 5.78 Å². The minimum Gasteiger partial charge on any atom is -0.503 e. The van der Waals surface area contributed by atoms with Crippen LogP contribution in [0.25, 0.3) is 21.9 Å². The molecular formula is C25H21BrN2O4. The normalized spacial score (nSPS) is 16.6. The van der Waals surface area contributed by atoms with Crippen LogP contribution in [0.2, 0.25) is 0 Å². The Labute approximate surface area is 192 Å².